The molecule has 2 N–H and O–H groups in total. The van der Waals surface area contributed by atoms with Crippen LogP contribution in [0.4, 0.5) is 0 Å². The number of ether oxygens (including phenoxy) is 2. The second kappa shape index (κ2) is 13.0. The summed E-state index contributed by atoms with van der Waals surface area (Å²) >= 11 is 0. The number of pyridine rings is 1. The average Bonchev–Trinajstić information content (AvgIpc) is 3.18. The Morgan fingerprint density at radius 2 is 1.97 bits per heavy atom. The van der Waals surface area contributed by atoms with Crippen LogP contribution in [-0.4, -0.2) is 47.4 Å². The predicted molar refractivity (Wildman–Crippen MR) is 134 cm³/mol. The number of hydrogen-bond acceptors (Lipinski definition) is 5. The first-order chi connectivity index (χ1) is 14.7. The Labute approximate surface area is 200 Å². The summed E-state index contributed by atoms with van der Waals surface area (Å²) in [5.74, 6) is 3.14. The third kappa shape index (κ3) is 6.98. The van der Waals surface area contributed by atoms with Gasteiger partial charge in [-0.1, -0.05) is 12.1 Å². The lowest BCUT2D eigenvalue weighted by Gasteiger charge is -2.12. The molecule has 0 spiro atoms. The van der Waals surface area contributed by atoms with Crippen molar-refractivity contribution < 1.29 is 9.47 Å². The van der Waals surface area contributed by atoms with Gasteiger partial charge in [-0.3, -0.25) is 4.40 Å². The number of nitrogens with one attached hydrogen (secondary N) is 2. The molecular weight excluding hydrogens is 507 g/mol. The van der Waals surface area contributed by atoms with Crippen molar-refractivity contribution in [2.24, 2.45) is 4.99 Å². The summed E-state index contributed by atoms with van der Waals surface area (Å²) in [6, 6.07) is 11.9. The molecule has 31 heavy (non-hydrogen) atoms. The van der Waals surface area contributed by atoms with E-state index in [-0.39, 0.29) is 24.0 Å². The highest BCUT2D eigenvalue weighted by Gasteiger charge is 2.07. The highest BCUT2D eigenvalue weighted by molar-refractivity contribution is 14.0. The van der Waals surface area contributed by atoms with Crippen LogP contribution in [0.15, 0.2) is 47.6 Å². The van der Waals surface area contributed by atoms with Gasteiger partial charge in [-0.25, -0.2) is 4.99 Å². The van der Waals surface area contributed by atoms with Crippen LogP contribution in [0, 0.1) is 0 Å². The molecule has 3 rings (SSSR count). The zero-order chi connectivity index (χ0) is 21.2. The van der Waals surface area contributed by atoms with E-state index in [1.165, 1.54) is 5.56 Å². The highest BCUT2D eigenvalue weighted by atomic mass is 127. The Bertz CT molecular complexity index is 976. The summed E-state index contributed by atoms with van der Waals surface area (Å²) in [4.78, 5) is 4.65. The van der Waals surface area contributed by atoms with E-state index < -0.39 is 0 Å². The van der Waals surface area contributed by atoms with Crippen LogP contribution in [0.25, 0.3) is 5.65 Å². The Morgan fingerprint density at radius 1 is 1.10 bits per heavy atom. The number of aromatic nitrogens is 3. The van der Waals surface area contributed by atoms with Gasteiger partial charge < -0.3 is 20.1 Å². The maximum absolute atomic E-state index is 5.66. The summed E-state index contributed by atoms with van der Waals surface area (Å²) in [7, 11) is 1.66. The quantitative estimate of drug-likeness (QED) is 0.178. The summed E-state index contributed by atoms with van der Waals surface area (Å²) in [5.41, 5.74) is 2.05. The summed E-state index contributed by atoms with van der Waals surface area (Å²) in [5, 5.41) is 15.1. The van der Waals surface area contributed by atoms with Gasteiger partial charge in [-0.15, -0.1) is 34.2 Å². The van der Waals surface area contributed by atoms with Gasteiger partial charge in [0.2, 0.25) is 0 Å². The lowest BCUT2D eigenvalue weighted by atomic mass is 10.1. The first-order valence-electron chi connectivity index (χ1n) is 10.4. The van der Waals surface area contributed by atoms with E-state index >= 15 is 0 Å². The molecule has 8 nitrogen and oxygen atoms in total. The molecule has 0 aliphatic rings. The van der Waals surface area contributed by atoms with Crippen LogP contribution in [0.3, 0.4) is 0 Å². The third-order valence-corrected chi connectivity index (χ3v) is 4.57. The molecule has 2 aromatic heterocycles. The van der Waals surface area contributed by atoms with E-state index in [9.17, 15) is 0 Å². The molecule has 0 aliphatic heterocycles. The molecule has 0 unspecified atom stereocenters. The lowest BCUT2D eigenvalue weighted by molar-refractivity contribution is 0.310. The minimum Gasteiger partial charge on any atom is -0.493 e. The standard InChI is InChI=1S/C22H30N6O2.HI/c1-4-23-22(25-16-21-27-26-20-10-6-7-14-28(20)21)24-13-8-9-17-11-12-18(29-3)19(15-17)30-5-2;/h6-7,10-12,14-15H,4-5,8-9,13,16H2,1-3H3,(H2,23,24,25);1H. The van der Waals surface area contributed by atoms with Gasteiger partial charge in [0.15, 0.2) is 28.9 Å². The first-order valence-corrected chi connectivity index (χ1v) is 10.4. The fourth-order valence-corrected chi connectivity index (χ4v) is 3.13. The molecule has 168 valence electrons. The van der Waals surface area contributed by atoms with Crippen molar-refractivity contribution in [1.29, 1.82) is 0 Å². The van der Waals surface area contributed by atoms with Crippen LogP contribution in [-0.2, 0) is 13.0 Å². The van der Waals surface area contributed by atoms with Crippen LogP contribution < -0.4 is 20.1 Å². The van der Waals surface area contributed by atoms with Crippen molar-refractivity contribution in [3.63, 3.8) is 0 Å². The second-order valence-electron chi connectivity index (χ2n) is 6.69. The summed E-state index contributed by atoms with van der Waals surface area (Å²) in [6.45, 7) is 6.70. The first kappa shape index (κ1) is 24.7. The minimum atomic E-state index is 0. The number of methoxy groups -OCH3 is 1. The van der Waals surface area contributed by atoms with Crippen LogP contribution in [0.1, 0.15) is 31.7 Å². The van der Waals surface area contributed by atoms with Crippen LogP contribution in [0.2, 0.25) is 0 Å². The Balaban J connectivity index is 0.00000341. The summed E-state index contributed by atoms with van der Waals surface area (Å²) in [6.07, 6.45) is 3.85. The number of fused-ring (bicyclic) bond motifs is 1. The SMILES string of the molecule is CCNC(=NCc1nnc2ccccn12)NCCCc1ccc(OC)c(OCC)c1.I. The van der Waals surface area contributed by atoms with Crippen molar-refractivity contribution in [2.75, 3.05) is 26.8 Å². The maximum Gasteiger partial charge on any atom is 0.191 e. The van der Waals surface area contributed by atoms with Gasteiger partial charge >= 0.3 is 0 Å². The molecule has 1 aromatic carbocycles. The molecule has 0 aliphatic carbocycles. The molecular formula is C22H31IN6O2. The van der Waals surface area contributed by atoms with Gasteiger partial charge in [-0.05, 0) is 56.5 Å². The molecule has 0 atom stereocenters. The van der Waals surface area contributed by atoms with E-state index in [4.69, 9.17) is 9.47 Å². The monoisotopic (exact) mass is 538 g/mol. The van der Waals surface area contributed by atoms with Crippen molar-refractivity contribution in [1.82, 2.24) is 25.2 Å². The fourth-order valence-electron chi connectivity index (χ4n) is 3.13. The number of aliphatic imine (C=N–C) groups is 1. The van der Waals surface area contributed by atoms with Crippen LogP contribution in [0.5, 0.6) is 11.5 Å². The molecule has 9 heteroatoms. The van der Waals surface area contributed by atoms with Crippen molar-refractivity contribution in [3.05, 3.63) is 54.0 Å². The number of halogens is 1. The highest BCUT2D eigenvalue weighted by Crippen LogP contribution is 2.28. The number of benzene rings is 1. The third-order valence-electron chi connectivity index (χ3n) is 4.57. The number of aryl methyl sites for hydroxylation is 1. The smallest absolute Gasteiger partial charge is 0.191 e. The van der Waals surface area contributed by atoms with E-state index in [1.54, 1.807) is 7.11 Å². The van der Waals surface area contributed by atoms with Gasteiger partial charge in [0, 0.05) is 19.3 Å². The van der Waals surface area contributed by atoms with Crippen LogP contribution >= 0.6 is 24.0 Å². The molecule has 0 saturated heterocycles. The fraction of sp³-hybridized carbons (Fsp3) is 0.409. The van der Waals surface area contributed by atoms with Gasteiger partial charge in [-0.2, -0.15) is 0 Å². The number of hydrogen-bond donors (Lipinski definition) is 2. The molecule has 2 heterocycles. The van der Waals surface area contributed by atoms with Gasteiger partial charge in [0.05, 0.1) is 13.7 Å². The lowest BCUT2D eigenvalue weighted by Crippen LogP contribution is -2.37. The Hall–Kier alpha value is -2.56. The molecule has 0 saturated carbocycles. The van der Waals surface area contributed by atoms with E-state index in [1.807, 2.05) is 41.8 Å². The van der Waals surface area contributed by atoms with Gasteiger partial charge in [0.1, 0.15) is 6.54 Å². The summed E-state index contributed by atoms with van der Waals surface area (Å²) < 4.78 is 13.0. The minimum absolute atomic E-state index is 0. The molecule has 3 aromatic rings. The van der Waals surface area contributed by atoms with Crippen molar-refractivity contribution >= 4 is 35.6 Å². The second-order valence-corrected chi connectivity index (χ2v) is 6.69. The van der Waals surface area contributed by atoms with Crippen molar-refractivity contribution in [2.45, 2.75) is 33.2 Å². The Kier molecular flexibility index (Phi) is 10.3. The molecule has 0 radical (unpaired) electrons. The number of guanidine groups is 1. The maximum atomic E-state index is 5.66. The Morgan fingerprint density at radius 3 is 2.74 bits per heavy atom. The topological polar surface area (TPSA) is 85.1 Å². The van der Waals surface area contributed by atoms with E-state index in [0.29, 0.717) is 13.2 Å². The largest absolute Gasteiger partial charge is 0.493 e. The molecule has 0 fully saturated rings. The molecule has 0 amide bonds. The van der Waals surface area contributed by atoms with E-state index in [0.717, 1.165) is 54.9 Å². The normalized spacial score (nSPS) is 11.1. The number of rotatable bonds is 10. The van der Waals surface area contributed by atoms with Gasteiger partial charge in [0.25, 0.3) is 0 Å². The average molecular weight is 538 g/mol. The molecule has 0 bridgehead atoms. The van der Waals surface area contributed by atoms with E-state index in [2.05, 4.69) is 44.9 Å². The number of nitrogens with zero attached hydrogens (tertiary/aromatic N) is 4. The van der Waals surface area contributed by atoms with Crippen molar-refractivity contribution in [3.8, 4) is 11.5 Å². The predicted octanol–water partition coefficient (Wildman–Crippen LogP) is 3.44. The zero-order valence-electron chi connectivity index (χ0n) is 18.3. The zero-order valence-corrected chi connectivity index (χ0v) is 20.6.